The van der Waals surface area contributed by atoms with Crippen molar-refractivity contribution in [3.05, 3.63) is 58.6 Å². The van der Waals surface area contributed by atoms with Crippen LogP contribution in [0.3, 0.4) is 0 Å². The second kappa shape index (κ2) is 6.50. The lowest BCUT2D eigenvalue weighted by Gasteiger charge is -2.36. The van der Waals surface area contributed by atoms with Crippen LogP contribution < -0.4 is 10.6 Å². The first kappa shape index (κ1) is 14.4. The summed E-state index contributed by atoms with van der Waals surface area (Å²) in [6.45, 7) is 5.22. The minimum absolute atomic E-state index is 0.870. The Morgan fingerprint density at radius 2 is 1.67 bits per heavy atom. The number of rotatable bonds is 3. The summed E-state index contributed by atoms with van der Waals surface area (Å²) < 4.78 is 1.04. The lowest BCUT2D eigenvalue weighted by Crippen LogP contribution is -2.46. The van der Waals surface area contributed by atoms with Gasteiger partial charge in [0.25, 0.3) is 0 Å². The van der Waals surface area contributed by atoms with E-state index in [1.807, 2.05) is 6.07 Å². The zero-order valence-electron chi connectivity index (χ0n) is 12.0. The number of nitrogens with two attached hydrogens (primary N) is 1. The highest BCUT2D eigenvalue weighted by Crippen LogP contribution is 2.21. The summed E-state index contributed by atoms with van der Waals surface area (Å²) in [4.78, 5) is 4.92. The number of hydrogen-bond donors (Lipinski definition) is 1. The smallest absolute Gasteiger partial charge is 0.0371 e. The Morgan fingerprint density at radius 1 is 0.952 bits per heavy atom. The topological polar surface area (TPSA) is 32.5 Å². The molecule has 4 heteroatoms. The lowest BCUT2D eigenvalue weighted by molar-refractivity contribution is 0.250. The monoisotopic (exact) mass is 345 g/mol. The van der Waals surface area contributed by atoms with E-state index in [2.05, 4.69) is 68.2 Å². The van der Waals surface area contributed by atoms with E-state index < -0.39 is 0 Å². The summed E-state index contributed by atoms with van der Waals surface area (Å²) in [6.07, 6.45) is 0. The molecule has 0 amide bonds. The molecule has 3 rings (SSSR count). The molecule has 1 saturated heterocycles. The summed E-state index contributed by atoms with van der Waals surface area (Å²) in [5.74, 6) is 0. The van der Waals surface area contributed by atoms with Crippen molar-refractivity contribution < 1.29 is 0 Å². The molecule has 110 valence electrons. The number of halogens is 1. The first-order chi connectivity index (χ1) is 10.2. The number of hydrogen-bond acceptors (Lipinski definition) is 3. The van der Waals surface area contributed by atoms with Crippen molar-refractivity contribution in [2.75, 3.05) is 36.8 Å². The molecule has 1 aliphatic rings. The predicted octanol–water partition coefficient (Wildman–Crippen LogP) is 3.35. The van der Waals surface area contributed by atoms with E-state index in [1.54, 1.807) is 0 Å². The van der Waals surface area contributed by atoms with Crippen molar-refractivity contribution in [3.63, 3.8) is 0 Å². The zero-order chi connectivity index (χ0) is 14.7. The third-order valence-corrected chi connectivity index (χ3v) is 4.49. The van der Waals surface area contributed by atoms with Gasteiger partial charge in [0.05, 0.1) is 0 Å². The highest BCUT2D eigenvalue weighted by atomic mass is 79.9. The van der Waals surface area contributed by atoms with E-state index in [-0.39, 0.29) is 0 Å². The zero-order valence-corrected chi connectivity index (χ0v) is 13.6. The number of nitrogens with zero attached hydrogens (tertiary/aromatic N) is 2. The van der Waals surface area contributed by atoms with Crippen LogP contribution in [0.5, 0.6) is 0 Å². The fourth-order valence-corrected chi connectivity index (χ4v) is 3.13. The molecule has 0 aliphatic carbocycles. The van der Waals surface area contributed by atoms with Crippen LogP contribution >= 0.6 is 15.9 Å². The van der Waals surface area contributed by atoms with Crippen LogP contribution in [-0.2, 0) is 6.54 Å². The van der Waals surface area contributed by atoms with Gasteiger partial charge in [-0.05, 0) is 29.8 Å². The van der Waals surface area contributed by atoms with Crippen LogP contribution in [0, 0.1) is 0 Å². The van der Waals surface area contributed by atoms with Gasteiger partial charge in [-0.25, -0.2) is 0 Å². The van der Waals surface area contributed by atoms with Gasteiger partial charge in [-0.15, -0.1) is 0 Å². The fourth-order valence-electron chi connectivity index (χ4n) is 2.75. The van der Waals surface area contributed by atoms with Crippen molar-refractivity contribution in [1.82, 2.24) is 4.90 Å². The van der Waals surface area contributed by atoms with Crippen molar-refractivity contribution >= 4 is 27.3 Å². The Morgan fingerprint density at radius 3 is 2.33 bits per heavy atom. The molecule has 2 aromatic rings. The molecule has 1 heterocycles. The van der Waals surface area contributed by atoms with Gasteiger partial charge in [0.2, 0.25) is 0 Å². The third-order valence-electron chi connectivity index (χ3n) is 4.00. The molecular weight excluding hydrogens is 326 g/mol. The van der Waals surface area contributed by atoms with Gasteiger partial charge >= 0.3 is 0 Å². The number of piperazine rings is 1. The minimum atomic E-state index is 0.870. The largest absolute Gasteiger partial charge is 0.398 e. The minimum Gasteiger partial charge on any atom is -0.398 e. The molecule has 0 unspecified atom stereocenters. The molecule has 0 radical (unpaired) electrons. The Balaban J connectivity index is 1.59. The maximum Gasteiger partial charge on any atom is 0.0371 e. The average Bonchev–Trinajstić information content (AvgIpc) is 2.52. The van der Waals surface area contributed by atoms with Crippen molar-refractivity contribution in [2.45, 2.75) is 6.54 Å². The number of anilines is 2. The van der Waals surface area contributed by atoms with Crippen molar-refractivity contribution in [3.8, 4) is 0 Å². The molecule has 0 aromatic heterocycles. The van der Waals surface area contributed by atoms with Crippen LogP contribution in [-0.4, -0.2) is 31.1 Å². The number of para-hydroxylation sites is 1. The Kier molecular flexibility index (Phi) is 4.46. The SMILES string of the molecule is Nc1cc(Br)ccc1CN1CCN(c2ccccc2)CC1. The molecule has 0 spiro atoms. The summed E-state index contributed by atoms with van der Waals surface area (Å²) in [6, 6.07) is 16.8. The van der Waals surface area contributed by atoms with Gasteiger partial charge in [-0.2, -0.15) is 0 Å². The molecule has 2 aromatic carbocycles. The summed E-state index contributed by atoms with van der Waals surface area (Å²) in [5.41, 5.74) is 9.49. The van der Waals surface area contributed by atoms with E-state index in [4.69, 9.17) is 5.73 Å². The van der Waals surface area contributed by atoms with Crippen LogP contribution in [0.25, 0.3) is 0 Å². The maximum atomic E-state index is 6.09. The van der Waals surface area contributed by atoms with E-state index >= 15 is 0 Å². The van der Waals surface area contributed by atoms with Gasteiger partial charge in [-0.3, -0.25) is 4.90 Å². The molecule has 1 aliphatic heterocycles. The highest BCUT2D eigenvalue weighted by molar-refractivity contribution is 9.10. The average molecular weight is 346 g/mol. The van der Waals surface area contributed by atoms with Crippen molar-refractivity contribution in [2.24, 2.45) is 0 Å². The van der Waals surface area contributed by atoms with Gasteiger partial charge < -0.3 is 10.6 Å². The number of nitrogen functional groups attached to an aromatic ring is 1. The third kappa shape index (κ3) is 3.57. The lowest BCUT2D eigenvalue weighted by atomic mass is 10.1. The second-order valence-electron chi connectivity index (χ2n) is 5.44. The Labute approximate surface area is 134 Å². The first-order valence-corrected chi connectivity index (χ1v) is 8.08. The molecule has 3 nitrogen and oxygen atoms in total. The van der Waals surface area contributed by atoms with Crippen molar-refractivity contribution in [1.29, 1.82) is 0 Å². The molecule has 21 heavy (non-hydrogen) atoms. The molecule has 0 saturated carbocycles. The van der Waals surface area contributed by atoms with Crippen LogP contribution in [0.1, 0.15) is 5.56 Å². The first-order valence-electron chi connectivity index (χ1n) is 7.28. The highest BCUT2D eigenvalue weighted by Gasteiger charge is 2.17. The standard InChI is InChI=1S/C17H20BrN3/c18-15-7-6-14(17(19)12-15)13-20-8-10-21(11-9-20)16-4-2-1-3-5-16/h1-7,12H,8-11,13,19H2. The van der Waals surface area contributed by atoms with Gasteiger partial charge in [-0.1, -0.05) is 40.2 Å². The van der Waals surface area contributed by atoms with Gasteiger partial charge in [0.15, 0.2) is 0 Å². The molecule has 1 fully saturated rings. The summed E-state index contributed by atoms with van der Waals surface area (Å²) >= 11 is 3.45. The molecule has 0 bridgehead atoms. The quantitative estimate of drug-likeness (QED) is 0.865. The summed E-state index contributed by atoms with van der Waals surface area (Å²) in [7, 11) is 0. The predicted molar refractivity (Wildman–Crippen MR) is 92.5 cm³/mol. The van der Waals surface area contributed by atoms with Crippen LogP contribution in [0.4, 0.5) is 11.4 Å². The molecule has 2 N–H and O–H groups in total. The van der Waals surface area contributed by atoms with Gasteiger partial charge in [0.1, 0.15) is 0 Å². The van der Waals surface area contributed by atoms with E-state index in [1.165, 1.54) is 11.3 Å². The fraction of sp³-hybridized carbons (Fsp3) is 0.294. The van der Waals surface area contributed by atoms with E-state index in [0.29, 0.717) is 0 Å². The summed E-state index contributed by atoms with van der Waals surface area (Å²) in [5, 5.41) is 0. The molecular formula is C17H20BrN3. The van der Waals surface area contributed by atoms with Crippen LogP contribution in [0.15, 0.2) is 53.0 Å². The van der Waals surface area contributed by atoms with Gasteiger partial charge in [0, 0.05) is 48.6 Å². The maximum absolute atomic E-state index is 6.09. The normalized spacial score (nSPS) is 16.1. The van der Waals surface area contributed by atoms with E-state index in [0.717, 1.165) is 42.9 Å². The number of benzene rings is 2. The molecule has 0 atom stereocenters. The Hall–Kier alpha value is -1.52. The van der Waals surface area contributed by atoms with E-state index in [9.17, 15) is 0 Å². The van der Waals surface area contributed by atoms with Crippen LogP contribution in [0.2, 0.25) is 0 Å². The Bertz CT molecular complexity index is 592. The second-order valence-corrected chi connectivity index (χ2v) is 6.36.